The first-order chi connectivity index (χ1) is 13.5. The smallest absolute Gasteiger partial charge is 0.268 e. The Bertz CT molecular complexity index is 1180. The Morgan fingerprint density at radius 2 is 1.96 bits per heavy atom. The van der Waals surface area contributed by atoms with Crippen LogP contribution in [0, 0.1) is 5.82 Å². The van der Waals surface area contributed by atoms with Crippen molar-refractivity contribution in [2.75, 3.05) is 13.1 Å². The normalized spacial score (nSPS) is 20.3. The molecule has 0 amide bonds. The Labute approximate surface area is 163 Å². The van der Waals surface area contributed by atoms with Crippen LogP contribution >= 0.6 is 0 Å². The fourth-order valence-corrected chi connectivity index (χ4v) is 5.74. The Morgan fingerprint density at radius 1 is 1.14 bits per heavy atom. The third-order valence-corrected chi connectivity index (χ3v) is 7.50. The predicted molar refractivity (Wildman–Crippen MR) is 106 cm³/mol. The molecule has 2 aromatic heterocycles. The molecule has 5 nitrogen and oxygen atoms in total. The van der Waals surface area contributed by atoms with E-state index in [4.69, 9.17) is 0 Å². The minimum absolute atomic E-state index is 0.0637. The molecule has 0 spiro atoms. The van der Waals surface area contributed by atoms with Gasteiger partial charge < -0.3 is 0 Å². The Hall–Kier alpha value is -2.51. The van der Waals surface area contributed by atoms with E-state index in [2.05, 4.69) is 16.0 Å². The number of rotatable bonds is 3. The fraction of sp³-hybridized carbons (Fsp3) is 0.286. The van der Waals surface area contributed by atoms with Crippen molar-refractivity contribution in [2.45, 2.75) is 30.2 Å². The lowest BCUT2D eigenvalue weighted by Crippen LogP contribution is -2.32. The second kappa shape index (κ2) is 6.53. The van der Waals surface area contributed by atoms with Gasteiger partial charge in [-0.25, -0.2) is 16.8 Å². The van der Waals surface area contributed by atoms with Crippen molar-refractivity contribution in [1.29, 1.82) is 0 Å². The monoisotopic (exact) mass is 397 g/mol. The van der Waals surface area contributed by atoms with Crippen molar-refractivity contribution in [2.24, 2.45) is 0 Å². The average molecular weight is 397 g/mol. The molecule has 3 aromatic rings. The molecule has 1 fully saturated rings. The molecule has 0 saturated carbocycles. The number of benzene rings is 1. The van der Waals surface area contributed by atoms with Crippen LogP contribution in [0.25, 0.3) is 16.5 Å². The third kappa shape index (κ3) is 2.77. The molecule has 144 valence electrons. The molecule has 28 heavy (non-hydrogen) atoms. The molecule has 7 heteroatoms. The van der Waals surface area contributed by atoms with Crippen molar-refractivity contribution < 1.29 is 12.8 Å². The Kier molecular flexibility index (Phi) is 4.10. The van der Waals surface area contributed by atoms with Gasteiger partial charge in [-0.15, -0.1) is 0 Å². The van der Waals surface area contributed by atoms with Gasteiger partial charge in [0.05, 0.1) is 10.4 Å². The average Bonchev–Trinajstić information content (AvgIpc) is 3.32. The van der Waals surface area contributed by atoms with Gasteiger partial charge in [-0.1, -0.05) is 6.08 Å². The zero-order valence-corrected chi connectivity index (χ0v) is 16.1. The van der Waals surface area contributed by atoms with E-state index in [0.29, 0.717) is 11.6 Å². The standard InChI is InChI=1S/C21H20FN3O2S/c22-16-3-5-18(6-4-16)28(26,27)25-14-20(19-13-23-9-7-21(19)25)15-8-11-24-10-1-2-17(24)12-15/h3-9,13-14,17H,1-2,10-12H2. The second-order valence-corrected chi connectivity index (χ2v) is 9.23. The summed E-state index contributed by atoms with van der Waals surface area (Å²) < 4.78 is 41.0. The summed E-state index contributed by atoms with van der Waals surface area (Å²) in [6, 6.07) is 7.18. The van der Waals surface area contributed by atoms with Crippen molar-refractivity contribution in [3.63, 3.8) is 0 Å². The van der Waals surface area contributed by atoms with E-state index in [9.17, 15) is 12.8 Å². The van der Waals surface area contributed by atoms with E-state index in [1.54, 1.807) is 24.7 Å². The van der Waals surface area contributed by atoms with Crippen LogP contribution in [-0.4, -0.2) is 41.4 Å². The molecule has 2 aliphatic heterocycles. The number of nitrogens with zero attached hydrogens (tertiary/aromatic N) is 3. The van der Waals surface area contributed by atoms with Crippen LogP contribution in [0.2, 0.25) is 0 Å². The van der Waals surface area contributed by atoms with E-state index < -0.39 is 15.8 Å². The first kappa shape index (κ1) is 17.6. The maximum Gasteiger partial charge on any atom is 0.268 e. The number of hydrogen-bond donors (Lipinski definition) is 0. The number of halogens is 1. The van der Waals surface area contributed by atoms with Crippen LogP contribution < -0.4 is 0 Å². The quantitative estimate of drug-likeness (QED) is 0.677. The molecule has 1 aromatic carbocycles. The number of pyridine rings is 1. The Morgan fingerprint density at radius 3 is 2.79 bits per heavy atom. The minimum atomic E-state index is -3.83. The van der Waals surface area contributed by atoms with E-state index in [1.807, 2.05) is 0 Å². The lowest BCUT2D eigenvalue weighted by Gasteiger charge is -2.29. The first-order valence-corrected chi connectivity index (χ1v) is 10.9. The van der Waals surface area contributed by atoms with E-state index in [0.717, 1.165) is 30.5 Å². The van der Waals surface area contributed by atoms with Crippen molar-refractivity contribution >= 4 is 26.5 Å². The summed E-state index contributed by atoms with van der Waals surface area (Å²) >= 11 is 0. The topological polar surface area (TPSA) is 55.2 Å². The predicted octanol–water partition coefficient (Wildman–Crippen LogP) is 3.66. The molecule has 1 saturated heterocycles. The summed E-state index contributed by atoms with van der Waals surface area (Å²) in [6.07, 6.45) is 10.5. The molecular formula is C21H20FN3O2S. The first-order valence-electron chi connectivity index (χ1n) is 9.44. The molecule has 0 bridgehead atoms. The summed E-state index contributed by atoms with van der Waals surface area (Å²) in [7, 11) is -3.83. The maximum atomic E-state index is 13.3. The summed E-state index contributed by atoms with van der Waals surface area (Å²) in [5.74, 6) is -0.463. The SMILES string of the molecule is O=S(=O)(c1ccc(F)cc1)n1cc(C2=CCN3CCCC3C2)c2cnccc21. The summed E-state index contributed by atoms with van der Waals surface area (Å²) in [4.78, 5) is 6.77. The van der Waals surface area contributed by atoms with Crippen molar-refractivity contribution in [3.8, 4) is 0 Å². The zero-order chi connectivity index (χ0) is 19.3. The fourth-order valence-electron chi connectivity index (χ4n) is 4.37. The Balaban J connectivity index is 1.64. The second-order valence-electron chi connectivity index (χ2n) is 7.41. The van der Waals surface area contributed by atoms with Gasteiger partial charge in [-0.05, 0) is 61.7 Å². The van der Waals surface area contributed by atoms with E-state index >= 15 is 0 Å². The van der Waals surface area contributed by atoms with Gasteiger partial charge in [0.2, 0.25) is 0 Å². The summed E-state index contributed by atoms with van der Waals surface area (Å²) in [5.41, 5.74) is 2.68. The molecule has 0 radical (unpaired) electrons. The highest BCUT2D eigenvalue weighted by atomic mass is 32.2. The van der Waals surface area contributed by atoms with Gasteiger partial charge in [0.25, 0.3) is 10.0 Å². The minimum Gasteiger partial charge on any atom is -0.296 e. The highest BCUT2D eigenvalue weighted by Gasteiger charge is 2.30. The molecular weight excluding hydrogens is 377 g/mol. The van der Waals surface area contributed by atoms with Crippen LogP contribution in [0.3, 0.4) is 0 Å². The molecule has 4 heterocycles. The zero-order valence-electron chi connectivity index (χ0n) is 15.3. The number of fused-ring (bicyclic) bond motifs is 2. The molecule has 0 aliphatic carbocycles. The van der Waals surface area contributed by atoms with Crippen molar-refractivity contribution in [3.05, 3.63) is 66.4 Å². The van der Waals surface area contributed by atoms with Gasteiger partial charge >= 0.3 is 0 Å². The van der Waals surface area contributed by atoms with E-state index in [1.165, 1.54) is 46.7 Å². The number of aromatic nitrogens is 2. The summed E-state index contributed by atoms with van der Waals surface area (Å²) in [5, 5.41) is 0.825. The molecule has 0 N–H and O–H groups in total. The molecule has 1 atom stereocenters. The molecule has 2 aliphatic rings. The van der Waals surface area contributed by atoms with Gasteiger partial charge in [-0.2, -0.15) is 0 Å². The van der Waals surface area contributed by atoms with Crippen LogP contribution in [0.5, 0.6) is 0 Å². The highest BCUT2D eigenvalue weighted by molar-refractivity contribution is 7.90. The molecule has 5 rings (SSSR count). The van der Waals surface area contributed by atoms with Crippen LogP contribution in [0.15, 0.2) is 59.9 Å². The lowest BCUT2D eigenvalue weighted by atomic mass is 9.94. The van der Waals surface area contributed by atoms with E-state index in [-0.39, 0.29) is 4.90 Å². The van der Waals surface area contributed by atoms with Gasteiger partial charge in [0, 0.05) is 42.1 Å². The van der Waals surface area contributed by atoms with Crippen LogP contribution in [0.1, 0.15) is 24.8 Å². The largest absolute Gasteiger partial charge is 0.296 e. The lowest BCUT2D eigenvalue weighted by molar-refractivity contribution is 0.275. The highest BCUT2D eigenvalue weighted by Crippen LogP contribution is 2.36. The van der Waals surface area contributed by atoms with Gasteiger partial charge in [0.15, 0.2) is 0 Å². The van der Waals surface area contributed by atoms with Gasteiger partial charge in [-0.3, -0.25) is 9.88 Å². The maximum absolute atomic E-state index is 13.3. The van der Waals surface area contributed by atoms with Gasteiger partial charge in [0.1, 0.15) is 5.82 Å². The third-order valence-electron chi connectivity index (χ3n) is 5.82. The summed E-state index contributed by atoms with van der Waals surface area (Å²) in [6.45, 7) is 2.04. The molecule has 1 unspecified atom stereocenters. The van der Waals surface area contributed by atoms with Crippen LogP contribution in [0.4, 0.5) is 4.39 Å². The number of hydrogen-bond acceptors (Lipinski definition) is 4. The van der Waals surface area contributed by atoms with Crippen LogP contribution in [-0.2, 0) is 10.0 Å². The van der Waals surface area contributed by atoms with Crippen molar-refractivity contribution in [1.82, 2.24) is 13.9 Å².